The number of hydrogen-bond donors (Lipinski definition) is 2. The number of aromatic amines is 2. The standard InChI is InChI=1S/C27H23N3O/c1-17-10-12-18(13-11-17)26-25-21(20-7-3-5-9-23(20)29-25)14-15-30(26)27(31)24-16-19-6-2-4-8-22(19)28-24/h2-13,16,26,28-29H,14-15H2,1H3/t26-/m0/s1. The van der Waals surface area contributed by atoms with Crippen molar-refractivity contribution in [1.29, 1.82) is 0 Å². The molecule has 1 aliphatic rings. The van der Waals surface area contributed by atoms with E-state index in [1.165, 1.54) is 16.5 Å². The molecule has 0 fully saturated rings. The largest absolute Gasteiger partial charge is 0.356 e. The maximum absolute atomic E-state index is 13.7. The summed E-state index contributed by atoms with van der Waals surface area (Å²) >= 11 is 0. The summed E-state index contributed by atoms with van der Waals surface area (Å²) in [5.41, 5.74) is 7.54. The van der Waals surface area contributed by atoms with Crippen LogP contribution in [0.3, 0.4) is 0 Å². The molecule has 0 saturated carbocycles. The number of nitrogens with zero attached hydrogens (tertiary/aromatic N) is 1. The van der Waals surface area contributed by atoms with Crippen LogP contribution in [0.5, 0.6) is 0 Å². The summed E-state index contributed by atoms with van der Waals surface area (Å²) in [6, 6.07) is 26.8. The van der Waals surface area contributed by atoms with Crippen LogP contribution in [-0.2, 0) is 6.42 Å². The molecular formula is C27H23N3O. The quantitative estimate of drug-likeness (QED) is 0.386. The summed E-state index contributed by atoms with van der Waals surface area (Å²) < 4.78 is 0. The van der Waals surface area contributed by atoms with Gasteiger partial charge in [0.05, 0.1) is 6.04 Å². The minimum Gasteiger partial charge on any atom is -0.356 e. The smallest absolute Gasteiger partial charge is 0.271 e. The molecule has 1 aliphatic heterocycles. The lowest BCUT2D eigenvalue weighted by Gasteiger charge is -2.36. The molecule has 6 rings (SSSR count). The number of amides is 1. The highest BCUT2D eigenvalue weighted by Crippen LogP contribution is 2.39. The second-order valence-corrected chi connectivity index (χ2v) is 8.39. The average molecular weight is 406 g/mol. The van der Waals surface area contributed by atoms with Gasteiger partial charge in [-0.05, 0) is 42.7 Å². The topological polar surface area (TPSA) is 51.9 Å². The number of para-hydroxylation sites is 2. The molecule has 2 aromatic heterocycles. The fourth-order valence-corrected chi connectivity index (χ4v) is 4.90. The summed E-state index contributed by atoms with van der Waals surface area (Å²) in [5, 5.41) is 2.31. The molecule has 0 bridgehead atoms. The third-order valence-electron chi connectivity index (χ3n) is 6.45. The summed E-state index contributed by atoms with van der Waals surface area (Å²) in [6.07, 6.45) is 0.841. The Kier molecular flexibility index (Phi) is 4.00. The molecule has 31 heavy (non-hydrogen) atoms. The Morgan fingerprint density at radius 1 is 0.903 bits per heavy atom. The van der Waals surface area contributed by atoms with Crippen molar-refractivity contribution in [3.63, 3.8) is 0 Å². The Balaban J connectivity index is 1.50. The monoisotopic (exact) mass is 405 g/mol. The molecule has 5 aromatic rings. The molecule has 4 nitrogen and oxygen atoms in total. The van der Waals surface area contributed by atoms with E-state index in [-0.39, 0.29) is 11.9 Å². The summed E-state index contributed by atoms with van der Waals surface area (Å²) in [7, 11) is 0. The minimum absolute atomic E-state index is 0.0334. The van der Waals surface area contributed by atoms with Gasteiger partial charge in [-0.15, -0.1) is 0 Å². The predicted octanol–water partition coefficient (Wildman–Crippen LogP) is 5.75. The number of nitrogens with one attached hydrogen (secondary N) is 2. The van der Waals surface area contributed by atoms with Gasteiger partial charge in [-0.25, -0.2) is 0 Å². The Morgan fingerprint density at radius 2 is 1.65 bits per heavy atom. The van der Waals surface area contributed by atoms with Crippen LogP contribution < -0.4 is 0 Å². The lowest BCUT2D eigenvalue weighted by molar-refractivity contribution is 0.0687. The first-order chi connectivity index (χ1) is 15.2. The van der Waals surface area contributed by atoms with Crippen LogP contribution in [0, 0.1) is 6.92 Å². The van der Waals surface area contributed by atoms with Gasteiger partial charge in [0.1, 0.15) is 5.69 Å². The molecule has 152 valence electrons. The van der Waals surface area contributed by atoms with Crippen LogP contribution in [0.4, 0.5) is 0 Å². The van der Waals surface area contributed by atoms with Gasteiger partial charge in [0, 0.05) is 34.0 Å². The summed E-state index contributed by atoms with van der Waals surface area (Å²) in [5.74, 6) is 0.0334. The molecule has 3 heterocycles. The van der Waals surface area contributed by atoms with E-state index < -0.39 is 0 Å². The van der Waals surface area contributed by atoms with Crippen molar-refractivity contribution in [2.24, 2.45) is 0 Å². The zero-order valence-corrected chi connectivity index (χ0v) is 17.4. The first-order valence-corrected chi connectivity index (χ1v) is 10.7. The Morgan fingerprint density at radius 3 is 2.45 bits per heavy atom. The number of carbonyl (C=O) groups is 1. The van der Waals surface area contributed by atoms with Gasteiger partial charge in [0.2, 0.25) is 0 Å². The van der Waals surface area contributed by atoms with Gasteiger partial charge in [-0.2, -0.15) is 0 Å². The molecule has 0 saturated heterocycles. The molecule has 0 aliphatic carbocycles. The van der Waals surface area contributed by atoms with Gasteiger partial charge in [-0.1, -0.05) is 66.2 Å². The highest BCUT2D eigenvalue weighted by atomic mass is 16.2. The number of aryl methyl sites for hydroxylation is 1. The summed E-state index contributed by atoms with van der Waals surface area (Å²) in [6.45, 7) is 2.77. The molecule has 1 atom stereocenters. The zero-order chi connectivity index (χ0) is 20.9. The Hall–Kier alpha value is -3.79. The fraction of sp³-hybridized carbons (Fsp3) is 0.148. The first-order valence-electron chi connectivity index (χ1n) is 10.7. The van der Waals surface area contributed by atoms with Crippen LogP contribution in [0.1, 0.15) is 38.9 Å². The predicted molar refractivity (Wildman–Crippen MR) is 124 cm³/mol. The maximum Gasteiger partial charge on any atom is 0.271 e. The van der Waals surface area contributed by atoms with Gasteiger partial charge in [0.15, 0.2) is 0 Å². The molecule has 2 N–H and O–H groups in total. The van der Waals surface area contributed by atoms with Crippen molar-refractivity contribution in [3.8, 4) is 0 Å². The van der Waals surface area contributed by atoms with Gasteiger partial charge in [-0.3, -0.25) is 4.79 Å². The van der Waals surface area contributed by atoms with Gasteiger partial charge >= 0.3 is 0 Å². The van der Waals surface area contributed by atoms with Crippen molar-refractivity contribution < 1.29 is 4.79 Å². The number of aromatic nitrogens is 2. The van der Waals surface area contributed by atoms with E-state index in [2.05, 4.69) is 65.4 Å². The van der Waals surface area contributed by atoms with E-state index in [9.17, 15) is 4.79 Å². The number of fused-ring (bicyclic) bond motifs is 4. The van der Waals surface area contributed by atoms with Gasteiger partial charge < -0.3 is 14.9 Å². The van der Waals surface area contributed by atoms with Crippen molar-refractivity contribution in [1.82, 2.24) is 14.9 Å². The number of H-pyrrole nitrogens is 2. The number of hydrogen-bond acceptors (Lipinski definition) is 1. The number of rotatable bonds is 2. The third kappa shape index (κ3) is 2.87. The number of benzene rings is 3. The molecule has 0 unspecified atom stereocenters. The third-order valence-corrected chi connectivity index (χ3v) is 6.45. The van der Waals surface area contributed by atoms with Crippen LogP contribution in [-0.4, -0.2) is 27.3 Å². The average Bonchev–Trinajstić information content (AvgIpc) is 3.40. The molecule has 0 spiro atoms. The zero-order valence-electron chi connectivity index (χ0n) is 17.4. The van der Waals surface area contributed by atoms with E-state index in [0.29, 0.717) is 12.2 Å². The Bertz CT molecular complexity index is 1390. The molecular weight excluding hydrogens is 382 g/mol. The van der Waals surface area contributed by atoms with Crippen molar-refractivity contribution >= 4 is 27.7 Å². The lowest BCUT2D eigenvalue weighted by atomic mass is 9.91. The molecule has 0 radical (unpaired) electrons. The van der Waals surface area contributed by atoms with E-state index in [4.69, 9.17) is 0 Å². The van der Waals surface area contributed by atoms with Gasteiger partial charge in [0.25, 0.3) is 5.91 Å². The SMILES string of the molecule is Cc1ccc([C@H]2c3[nH]c4ccccc4c3CCN2C(=O)c2cc3ccccc3[nH]2)cc1. The van der Waals surface area contributed by atoms with E-state index in [0.717, 1.165) is 34.1 Å². The lowest BCUT2D eigenvalue weighted by Crippen LogP contribution is -2.40. The highest BCUT2D eigenvalue weighted by molar-refractivity contribution is 5.99. The van der Waals surface area contributed by atoms with Crippen LogP contribution in [0.2, 0.25) is 0 Å². The van der Waals surface area contributed by atoms with E-state index in [1.807, 2.05) is 35.2 Å². The molecule has 1 amide bonds. The first kappa shape index (κ1) is 18.0. The highest BCUT2D eigenvalue weighted by Gasteiger charge is 2.35. The molecule has 4 heteroatoms. The number of carbonyl (C=O) groups excluding carboxylic acids is 1. The second kappa shape index (κ2) is 6.88. The van der Waals surface area contributed by atoms with Crippen LogP contribution in [0.15, 0.2) is 78.9 Å². The normalized spacial score (nSPS) is 16.0. The van der Waals surface area contributed by atoms with Crippen molar-refractivity contribution in [2.75, 3.05) is 6.54 Å². The molecule has 3 aromatic carbocycles. The van der Waals surface area contributed by atoms with E-state index >= 15 is 0 Å². The fourth-order valence-electron chi connectivity index (χ4n) is 4.90. The van der Waals surface area contributed by atoms with Crippen LogP contribution >= 0.6 is 0 Å². The Labute approximate surface area is 180 Å². The van der Waals surface area contributed by atoms with Crippen molar-refractivity contribution in [3.05, 3.63) is 107 Å². The van der Waals surface area contributed by atoms with Crippen LogP contribution in [0.25, 0.3) is 21.8 Å². The van der Waals surface area contributed by atoms with E-state index in [1.54, 1.807) is 0 Å². The minimum atomic E-state index is -0.143. The van der Waals surface area contributed by atoms with Crippen molar-refractivity contribution in [2.45, 2.75) is 19.4 Å². The second-order valence-electron chi connectivity index (χ2n) is 8.39. The maximum atomic E-state index is 13.7. The summed E-state index contributed by atoms with van der Waals surface area (Å²) in [4.78, 5) is 22.7.